The van der Waals surface area contributed by atoms with Gasteiger partial charge in [0.05, 0.1) is 25.4 Å². The molecule has 0 aliphatic carbocycles. The summed E-state index contributed by atoms with van der Waals surface area (Å²) in [5.41, 5.74) is 9.37. The molecule has 0 amide bonds. The number of carbonyl (C=O) groups excluding carboxylic acids is 1. The van der Waals surface area contributed by atoms with Crippen LogP contribution in [-0.2, 0) is 16.1 Å². The Bertz CT molecular complexity index is 474. The lowest BCUT2D eigenvalue weighted by Gasteiger charge is -2.21. The normalized spacial score (nSPS) is 14.9. The van der Waals surface area contributed by atoms with Crippen molar-refractivity contribution in [2.24, 2.45) is 5.11 Å². The van der Waals surface area contributed by atoms with Gasteiger partial charge in [-0.15, -0.1) is 0 Å². The summed E-state index contributed by atoms with van der Waals surface area (Å²) in [6.07, 6.45) is -3.08. The van der Waals surface area contributed by atoms with Crippen LogP contribution in [0.25, 0.3) is 10.4 Å². The topological polar surface area (TPSA) is 116 Å². The molecule has 1 aromatic rings. The van der Waals surface area contributed by atoms with Crippen LogP contribution in [0.4, 0.5) is 0 Å². The lowest BCUT2D eigenvalue weighted by atomic mass is 10.0. The molecule has 108 valence electrons. The number of azide groups is 1. The third-order valence-corrected chi connectivity index (χ3v) is 2.73. The van der Waals surface area contributed by atoms with Crippen LogP contribution in [0.1, 0.15) is 12.5 Å². The van der Waals surface area contributed by atoms with Crippen LogP contribution >= 0.6 is 0 Å². The molecule has 0 saturated carbocycles. The third kappa shape index (κ3) is 4.99. The number of nitrogens with zero attached hydrogens (tertiary/aromatic N) is 3. The molecule has 0 heterocycles. The maximum Gasteiger partial charge on any atom is 0.160 e. The van der Waals surface area contributed by atoms with E-state index in [4.69, 9.17) is 10.3 Å². The molecular formula is C13H17N3O4. The van der Waals surface area contributed by atoms with E-state index in [1.165, 1.54) is 0 Å². The molecule has 0 bridgehead atoms. The molecule has 1 aromatic carbocycles. The van der Waals surface area contributed by atoms with Gasteiger partial charge in [-0.25, -0.2) is 0 Å². The molecule has 0 aromatic heterocycles. The second-order valence-corrected chi connectivity index (χ2v) is 4.32. The first-order valence-corrected chi connectivity index (χ1v) is 6.08. The number of rotatable bonds is 8. The minimum Gasteiger partial charge on any atom is -0.389 e. The van der Waals surface area contributed by atoms with Crippen LogP contribution in [0.3, 0.4) is 0 Å². The Morgan fingerprint density at radius 3 is 2.60 bits per heavy atom. The van der Waals surface area contributed by atoms with Crippen molar-refractivity contribution < 1.29 is 19.7 Å². The highest BCUT2D eigenvalue weighted by molar-refractivity contribution is 5.80. The summed E-state index contributed by atoms with van der Waals surface area (Å²) >= 11 is 0. The number of ether oxygens (including phenoxy) is 1. The van der Waals surface area contributed by atoms with Gasteiger partial charge >= 0.3 is 0 Å². The van der Waals surface area contributed by atoms with Gasteiger partial charge in [0, 0.05) is 4.91 Å². The number of aliphatic hydroxyl groups excluding tert-OH is 2. The van der Waals surface area contributed by atoms with Gasteiger partial charge in [0.1, 0.15) is 6.10 Å². The van der Waals surface area contributed by atoms with E-state index in [-0.39, 0.29) is 13.2 Å². The Balaban J connectivity index is 2.55. The Morgan fingerprint density at radius 1 is 1.40 bits per heavy atom. The molecule has 0 aliphatic rings. The fourth-order valence-electron chi connectivity index (χ4n) is 1.59. The van der Waals surface area contributed by atoms with Crippen LogP contribution in [0.5, 0.6) is 0 Å². The van der Waals surface area contributed by atoms with Gasteiger partial charge in [-0.1, -0.05) is 35.4 Å². The van der Waals surface area contributed by atoms with Crippen molar-refractivity contribution in [1.82, 2.24) is 0 Å². The van der Waals surface area contributed by atoms with Gasteiger partial charge in [0.15, 0.2) is 5.78 Å². The summed E-state index contributed by atoms with van der Waals surface area (Å²) in [4.78, 5) is 13.6. The van der Waals surface area contributed by atoms with E-state index >= 15 is 0 Å². The molecule has 0 aliphatic heterocycles. The summed E-state index contributed by atoms with van der Waals surface area (Å²) in [6.45, 7) is 1.33. The standard InChI is InChI=1S/C13H17N3O4/c1-9(17)12(18)13(19)11(15-16-14)8-20-7-10-5-3-2-4-6-10/h2-6,11-13,18-19H,7-8H2,1H3/t11-,12-,13-/m1/s1. The number of hydrogen-bond donors (Lipinski definition) is 2. The maximum atomic E-state index is 11.0. The van der Waals surface area contributed by atoms with Crippen molar-refractivity contribution in [3.05, 3.63) is 46.3 Å². The first-order chi connectivity index (χ1) is 9.56. The second kappa shape index (κ2) is 8.29. The monoisotopic (exact) mass is 279 g/mol. The summed E-state index contributed by atoms with van der Waals surface area (Å²) in [5, 5.41) is 22.6. The van der Waals surface area contributed by atoms with E-state index in [0.29, 0.717) is 0 Å². The zero-order valence-electron chi connectivity index (χ0n) is 11.1. The fourth-order valence-corrected chi connectivity index (χ4v) is 1.59. The molecule has 2 N–H and O–H groups in total. The molecule has 0 unspecified atom stereocenters. The zero-order valence-corrected chi connectivity index (χ0v) is 11.1. The van der Waals surface area contributed by atoms with E-state index in [0.717, 1.165) is 12.5 Å². The first kappa shape index (κ1) is 16.1. The quantitative estimate of drug-likeness (QED) is 0.422. The summed E-state index contributed by atoms with van der Waals surface area (Å²) in [7, 11) is 0. The van der Waals surface area contributed by atoms with E-state index < -0.39 is 24.0 Å². The zero-order chi connectivity index (χ0) is 15.0. The van der Waals surface area contributed by atoms with Crippen molar-refractivity contribution >= 4 is 5.78 Å². The number of aliphatic hydroxyl groups is 2. The number of ketones is 1. The highest BCUT2D eigenvalue weighted by atomic mass is 16.5. The Labute approximate surface area is 116 Å². The van der Waals surface area contributed by atoms with Crippen LogP contribution in [0.15, 0.2) is 35.4 Å². The van der Waals surface area contributed by atoms with Crippen LogP contribution in [-0.4, -0.2) is 40.9 Å². The number of Topliss-reactive ketones (excluding diaryl/α,β-unsaturated/α-hetero) is 1. The van der Waals surface area contributed by atoms with Crippen molar-refractivity contribution in [1.29, 1.82) is 0 Å². The van der Waals surface area contributed by atoms with Crippen molar-refractivity contribution in [3.8, 4) is 0 Å². The van der Waals surface area contributed by atoms with E-state index in [9.17, 15) is 15.0 Å². The molecule has 3 atom stereocenters. The predicted molar refractivity (Wildman–Crippen MR) is 71.7 cm³/mol. The van der Waals surface area contributed by atoms with Gasteiger partial charge in [-0.05, 0) is 18.0 Å². The van der Waals surface area contributed by atoms with Crippen molar-refractivity contribution in [2.45, 2.75) is 31.8 Å². The molecule has 20 heavy (non-hydrogen) atoms. The molecule has 7 heteroatoms. The second-order valence-electron chi connectivity index (χ2n) is 4.32. The third-order valence-electron chi connectivity index (χ3n) is 2.73. The van der Waals surface area contributed by atoms with Gasteiger partial charge in [-0.3, -0.25) is 4.79 Å². The average molecular weight is 279 g/mol. The van der Waals surface area contributed by atoms with E-state index in [1.54, 1.807) is 0 Å². The van der Waals surface area contributed by atoms with Crippen LogP contribution in [0.2, 0.25) is 0 Å². The lowest BCUT2D eigenvalue weighted by molar-refractivity contribution is -0.132. The smallest absolute Gasteiger partial charge is 0.160 e. The SMILES string of the molecule is CC(=O)[C@@H](O)[C@H](O)[C@@H](COCc1ccccc1)N=[N+]=[N-]. The molecule has 0 spiro atoms. The summed E-state index contributed by atoms with van der Waals surface area (Å²) < 4.78 is 5.34. The Kier molecular flexibility index (Phi) is 6.69. The van der Waals surface area contributed by atoms with Gasteiger partial charge in [0.2, 0.25) is 0 Å². The number of hydrogen-bond acceptors (Lipinski definition) is 5. The maximum absolute atomic E-state index is 11.0. The molecule has 7 nitrogen and oxygen atoms in total. The average Bonchev–Trinajstić information content (AvgIpc) is 2.46. The van der Waals surface area contributed by atoms with Gasteiger partial charge in [-0.2, -0.15) is 0 Å². The predicted octanol–water partition coefficient (Wildman–Crippen LogP) is 1.19. The Morgan fingerprint density at radius 2 is 2.05 bits per heavy atom. The highest BCUT2D eigenvalue weighted by Crippen LogP contribution is 2.09. The molecule has 0 radical (unpaired) electrons. The summed E-state index contributed by atoms with van der Waals surface area (Å²) in [6, 6.07) is 8.30. The molecular weight excluding hydrogens is 262 g/mol. The molecule has 0 saturated heterocycles. The number of carbonyl (C=O) groups is 1. The van der Waals surface area contributed by atoms with Gasteiger partial charge < -0.3 is 14.9 Å². The largest absolute Gasteiger partial charge is 0.389 e. The van der Waals surface area contributed by atoms with Crippen LogP contribution in [0, 0.1) is 0 Å². The number of benzene rings is 1. The van der Waals surface area contributed by atoms with Crippen molar-refractivity contribution in [2.75, 3.05) is 6.61 Å². The minimum atomic E-state index is -1.59. The molecule has 0 fully saturated rings. The molecule has 1 rings (SSSR count). The summed E-state index contributed by atoms with van der Waals surface area (Å²) in [5.74, 6) is -0.598. The minimum absolute atomic E-state index is 0.0928. The highest BCUT2D eigenvalue weighted by Gasteiger charge is 2.28. The van der Waals surface area contributed by atoms with Gasteiger partial charge in [0.25, 0.3) is 0 Å². The van der Waals surface area contributed by atoms with Crippen LogP contribution < -0.4 is 0 Å². The van der Waals surface area contributed by atoms with E-state index in [1.807, 2.05) is 30.3 Å². The first-order valence-electron chi connectivity index (χ1n) is 6.08. The Hall–Kier alpha value is -1.92. The fraction of sp³-hybridized carbons (Fsp3) is 0.462. The van der Waals surface area contributed by atoms with Crippen molar-refractivity contribution in [3.63, 3.8) is 0 Å². The van der Waals surface area contributed by atoms with E-state index in [2.05, 4.69) is 10.0 Å². The lowest BCUT2D eigenvalue weighted by Crippen LogP contribution is -2.42.